The van der Waals surface area contributed by atoms with E-state index in [1.54, 1.807) is 11.3 Å². The van der Waals surface area contributed by atoms with Crippen LogP contribution in [-0.2, 0) is 6.54 Å². The topological polar surface area (TPSA) is 21.3 Å². The van der Waals surface area contributed by atoms with Crippen LogP contribution < -0.4 is 10.1 Å². The van der Waals surface area contributed by atoms with E-state index in [2.05, 4.69) is 39.6 Å². The zero-order valence-electron chi connectivity index (χ0n) is 10.6. The van der Waals surface area contributed by atoms with Gasteiger partial charge >= 0.3 is 0 Å². The van der Waals surface area contributed by atoms with Crippen molar-refractivity contribution < 1.29 is 4.74 Å². The predicted molar refractivity (Wildman–Crippen MR) is 85.4 cm³/mol. The van der Waals surface area contributed by atoms with Crippen LogP contribution in [0.1, 0.15) is 10.4 Å². The minimum atomic E-state index is 0.603. The molecule has 0 bridgehead atoms. The van der Waals surface area contributed by atoms with Crippen LogP contribution in [0.3, 0.4) is 0 Å². The van der Waals surface area contributed by atoms with Gasteiger partial charge in [0.25, 0.3) is 0 Å². The lowest BCUT2D eigenvalue weighted by atomic mass is 10.3. The molecule has 1 heterocycles. The summed E-state index contributed by atoms with van der Waals surface area (Å²) in [6.45, 7) is 4.42. The minimum Gasteiger partial charge on any atom is -0.491 e. The molecule has 0 saturated carbocycles. The van der Waals surface area contributed by atoms with Crippen LogP contribution in [0.15, 0.2) is 34.1 Å². The molecule has 19 heavy (non-hydrogen) atoms. The van der Waals surface area contributed by atoms with E-state index >= 15 is 0 Å². The third-order valence-electron chi connectivity index (χ3n) is 2.68. The van der Waals surface area contributed by atoms with Gasteiger partial charge in [-0.1, -0.05) is 27.5 Å². The number of thiophene rings is 1. The summed E-state index contributed by atoms with van der Waals surface area (Å²) in [5.41, 5.74) is 1.34. The summed E-state index contributed by atoms with van der Waals surface area (Å²) in [6.07, 6.45) is 0. The second-order valence-electron chi connectivity index (χ2n) is 4.13. The summed E-state index contributed by atoms with van der Waals surface area (Å²) in [4.78, 5) is 1.38. The summed E-state index contributed by atoms with van der Waals surface area (Å²) < 4.78 is 6.58. The molecule has 0 aliphatic heterocycles. The van der Waals surface area contributed by atoms with E-state index in [0.717, 1.165) is 23.3 Å². The summed E-state index contributed by atoms with van der Waals surface area (Å²) in [7, 11) is 0. The third-order valence-corrected chi connectivity index (χ3v) is 4.50. The molecule has 2 aromatic rings. The van der Waals surface area contributed by atoms with Gasteiger partial charge in [0.1, 0.15) is 12.4 Å². The lowest BCUT2D eigenvalue weighted by Crippen LogP contribution is -2.20. The van der Waals surface area contributed by atoms with Crippen molar-refractivity contribution in [2.24, 2.45) is 0 Å². The predicted octanol–water partition coefficient (Wildman–Crippen LogP) is 4.64. The standard InChI is InChI=1S/C14H15BrClNOS/c1-10-4-7-19-14(10)9-17-5-6-18-13-3-2-11(15)8-12(13)16/h2-4,7-8,17H,5-6,9H2,1H3. The highest BCUT2D eigenvalue weighted by atomic mass is 79.9. The van der Waals surface area contributed by atoms with Gasteiger partial charge in [0.15, 0.2) is 0 Å². The van der Waals surface area contributed by atoms with Crippen LogP contribution in [-0.4, -0.2) is 13.2 Å². The summed E-state index contributed by atoms with van der Waals surface area (Å²) >= 11 is 11.2. The summed E-state index contributed by atoms with van der Waals surface area (Å²) in [6, 6.07) is 7.76. The molecule has 0 atom stereocenters. The molecule has 2 nitrogen and oxygen atoms in total. The lowest BCUT2D eigenvalue weighted by Gasteiger charge is -2.09. The molecular weight excluding hydrogens is 346 g/mol. The zero-order chi connectivity index (χ0) is 13.7. The van der Waals surface area contributed by atoms with Crippen molar-refractivity contribution in [3.8, 4) is 5.75 Å². The van der Waals surface area contributed by atoms with Crippen molar-refractivity contribution in [3.05, 3.63) is 49.6 Å². The second-order valence-corrected chi connectivity index (χ2v) is 6.45. The highest BCUT2D eigenvalue weighted by Gasteiger charge is 2.02. The molecule has 0 saturated heterocycles. The smallest absolute Gasteiger partial charge is 0.138 e. The van der Waals surface area contributed by atoms with Crippen molar-refractivity contribution in [1.29, 1.82) is 0 Å². The third kappa shape index (κ3) is 4.49. The van der Waals surface area contributed by atoms with Crippen molar-refractivity contribution in [2.75, 3.05) is 13.2 Å². The van der Waals surface area contributed by atoms with Crippen LogP contribution >= 0.6 is 38.9 Å². The van der Waals surface area contributed by atoms with Crippen LogP contribution in [0.2, 0.25) is 5.02 Å². The Hall–Kier alpha value is -0.550. The van der Waals surface area contributed by atoms with E-state index in [4.69, 9.17) is 16.3 Å². The molecule has 0 spiro atoms. The number of halogens is 2. The van der Waals surface area contributed by atoms with Gasteiger partial charge in [-0.15, -0.1) is 11.3 Å². The highest BCUT2D eigenvalue weighted by Crippen LogP contribution is 2.27. The fourth-order valence-corrected chi connectivity index (χ4v) is 3.22. The maximum Gasteiger partial charge on any atom is 0.138 e. The Bertz CT molecular complexity index is 544. The number of aryl methyl sites for hydroxylation is 1. The SMILES string of the molecule is Cc1ccsc1CNCCOc1ccc(Br)cc1Cl. The number of ether oxygens (including phenoxy) is 1. The van der Waals surface area contributed by atoms with E-state index in [0.29, 0.717) is 11.6 Å². The Morgan fingerprint density at radius 1 is 1.37 bits per heavy atom. The molecule has 0 amide bonds. The molecule has 102 valence electrons. The summed E-state index contributed by atoms with van der Waals surface area (Å²) in [5, 5.41) is 6.11. The fraction of sp³-hybridized carbons (Fsp3) is 0.286. The largest absolute Gasteiger partial charge is 0.491 e. The Morgan fingerprint density at radius 3 is 2.89 bits per heavy atom. The molecule has 1 aromatic heterocycles. The van der Waals surface area contributed by atoms with Gasteiger partial charge in [-0.2, -0.15) is 0 Å². The van der Waals surface area contributed by atoms with Gasteiger partial charge < -0.3 is 10.1 Å². The van der Waals surface area contributed by atoms with Gasteiger partial charge in [-0.3, -0.25) is 0 Å². The highest BCUT2D eigenvalue weighted by molar-refractivity contribution is 9.10. The Kier molecular flexibility index (Phi) is 5.70. The Labute approximate surface area is 130 Å². The summed E-state index contributed by atoms with van der Waals surface area (Å²) in [5.74, 6) is 0.721. The normalized spacial score (nSPS) is 10.7. The number of hydrogen-bond donors (Lipinski definition) is 1. The van der Waals surface area contributed by atoms with Crippen LogP contribution in [0.5, 0.6) is 5.75 Å². The van der Waals surface area contributed by atoms with Gasteiger partial charge in [0.05, 0.1) is 5.02 Å². The molecule has 0 aliphatic rings. The quantitative estimate of drug-likeness (QED) is 0.758. The van der Waals surface area contributed by atoms with Crippen LogP contribution in [0.4, 0.5) is 0 Å². The Morgan fingerprint density at radius 2 is 2.21 bits per heavy atom. The van der Waals surface area contributed by atoms with E-state index in [1.165, 1.54) is 10.4 Å². The molecule has 0 aliphatic carbocycles. The molecule has 0 unspecified atom stereocenters. The van der Waals surface area contributed by atoms with Gasteiger partial charge in [-0.25, -0.2) is 0 Å². The van der Waals surface area contributed by atoms with Gasteiger partial charge in [0.2, 0.25) is 0 Å². The first-order valence-electron chi connectivity index (χ1n) is 5.98. The average Bonchev–Trinajstić information content (AvgIpc) is 2.77. The molecule has 0 fully saturated rings. The van der Waals surface area contributed by atoms with E-state index < -0.39 is 0 Å². The zero-order valence-corrected chi connectivity index (χ0v) is 13.7. The number of rotatable bonds is 6. The van der Waals surface area contributed by atoms with Crippen molar-refractivity contribution in [3.63, 3.8) is 0 Å². The van der Waals surface area contributed by atoms with Crippen LogP contribution in [0, 0.1) is 6.92 Å². The molecule has 2 rings (SSSR count). The first kappa shape index (κ1) is 14.9. The van der Waals surface area contributed by atoms with Crippen molar-refractivity contribution in [2.45, 2.75) is 13.5 Å². The Balaban J connectivity index is 1.71. The van der Waals surface area contributed by atoms with E-state index in [9.17, 15) is 0 Å². The molecule has 5 heteroatoms. The number of hydrogen-bond acceptors (Lipinski definition) is 3. The lowest BCUT2D eigenvalue weighted by molar-refractivity contribution is 0.314. The maximum absolute atomic E-state index is 6.07. The first-order chi connectivity index (χ1) is 9.16. The van der Waals surface area contributed by atoms with E-state index in [1.807, 2.05) is 18.2 Å². The van der Waals surface area contributed by atoms with Crippen molar-refractivity contribution in [1.82, 2.24) is 5.32 Å². The second kappa shape index (κ2) is 7.29. The van der Waals surface area contributed by atoms with E-state index in [-0.39, 0.29) is 0 Å². The number of benzene rings is 1. The van der Waals surface area contributed by atoms with Crippen molar-refractivity contribution >= 4 is 38.9 Å². The number of nitrogens with one attached hydrogen (secondary N) is 1. The molecule has 0 radical (unpaired) electrons. The average molecular weight is 361 g/mol. The molecule has 1 aromatic carbocycles. The minimum absolute atomic E-state index is 0.603. The monoisotopic (exact) mass is 359 g/mol. The van der Waals surface area contributed by atoms with Crippen LogP contribution in [0.25, 0.3) is 0 Å². The fourth-order valence-electron chi connectivity index (χ4n) is 1.61. The van der Waals surface area contributed by atoms with Gasteiger partial charge in [0, 0.05) is 22.4 Å². The molecule has 1 N–H and O–H groups in total. The molecular formula is C14H15BrClNOS. The first-order valence-corrected chi connectivity index (χ1v) is 8.03. The maximum atomic E-state index is 6.07. The van der Waals surface area contributed by atoms with Gasteiger partial charge in [-0.05, 0) is 42.1 Å².